The Morgan fingerprint density at radius 2 is 1.88 bits per heavy atom. The highest BCUT2D eigenvalue weighted by atomic mass is 35.5. The van der Waals surface area contributed by atoms with E-state index in [-0.39, 0.29) is 6.04 Å². The van der Waals surface area contributed by atoms with E-state index in [9.17, 15) is 13.2 Å². The molecule has 1 saturated heterocycles. The number of thiazole rings is 1. The Bertz CT molecular complexity index is 682. The third-order valence-corrected chi connectivity index (χ3v) is 5.08. The van der Waals surface area contributed by atoms with Crippen molar-refractivity contribution in [2.24, 2.45) is 0 Å². The molecule has 0 atom stereocenters. The second-order valence-electron chi connectivity index (χ2n) is 5.54. The molecule has 2 aromatic heterocycles. The lowest BCUT2D eigenvalue weighted by Crippen LogP contribution is -2.44. The lowest BCUT2D eigenvalue weighted by Gasteiger charge is -2.36. The van der Waals surface area contributed by atoms with Crippen LogP contribution in [0.3, 0.4) is 0 Å². The Labute approximate surface area is 146 Å². The fourth-order valence-electron chi connectivity index (χ4n) is 2.64. The Hall–Kier alpha value is -1.61. The van der Waals surface area contributed by atoms with Gasteiger partial charge in [0.1, 0.15) is 0 Å². The predicted octanol–water partition coefficient (Wildman–Crippen LogP) is 3.71. The molecule has 0 N–H and O–H groups in total. The number of aromatic nitrogens is 3. The zero-order valence-corrected chi connectivity index (χ0v) is 14.4. The average Bonchev–Trinajstić information content (AvgIpc) is 3.05. The third-order valence-electron chi connectivity index (χ3n) is 3.99. The third kappa shape index (κ3) is 3.72. The maximum atomic E-state index is 12.6. The van der Waals surface area contributed by atoms with Crippen LogP contribution in [0.15, 0.2) is 17.8 Å². The zero-order valence-electron chi connectivity index (χ0n) is 12.8. The first-order chi connectivity index (χ1) is 11.3. The maximum absolute atomic E-state index is 12.6. The number of nitrogens with zero attached hydrogens (tertiary/aromatic N) is 5. The van der Waals surface area contributed by atoms with Gasteiger partial charge in [0.2, 0.25) is 5.95 Å². The van der Waals surface area contributed by atoms with Gasteiger partial charge in [0.15, 0.2) is 10.8 Å². The van der Waals surface area contributed by atoms with E-state index in [1.165, 1.54) is 0 Å². The van der Waals surface area contributed by atoms with Gasteiger partial charge in [-0.2, -0.15) is 13.2 Å². The summed E-state index contributed by atoms with van der Waals surface area (Å²) < 4.78 is 37.9. The van der Waals surface area contributed by atoms with E-state index < -0.39 is 11.9 Å². The standard InChI is InChI=1S/C14H15ClF3N5S/c1-22(12-19-6-9(15)7-20-12)10-2-4-23(5-3-10)13-21-11(8-24-13)14(16,17)18/h6-8,10H,2-5H2,1H3. The van der Waals surface area contributed by atoms with Gasteiger partial charge in [0.25, 0.3) is 0 Å². The summed E-state index contributed by atoms with van der Waals surface area (Å²) in [5.41, 5.74) is -0.823. The monoisotopic (exact) mass is 377 g/mol. The molecule has 0 amide bonds. The van der Waals surface area contributed by atoms with Crippen molar-refractivity contribution in [3.05, 3.63) is 28.5 Å². The van der Waals surface area contributed by atoms with Crippen LogP contribution in [0.2, 0.25) is 5.02 Å². The average molecular weight is 378 g/mol. The fraction of sp³-hybridized carbons (Fsp3) is 0.500. The van der Waals surface area contributed by atoms with Crippen LogP contribution in [0, 0.1) is 0 Å². The van der Waals surface area contributed by atoms with E-state index >= 15 is 0 Å². The highest BCUT2D eigenvalue weighted by Gasteiger charge is 2.35. The molecule has 0 radical (unpaired) electrons. The number of anilines is 2. The number of halogens is 4. The Kier molecular flexibility index (Phi) is 4.82. The summed E-state index contributed by atoms with van der Waals surface area (Å²) in [7, 11) is 1.91. The molecule has 3 heterocycles. The fourth-order valence-corrected chi connectivity index (χ4v) is 3.62. The maximum Gasteiger partial charge on any atom is 0.434 e. The van der Waals surface area contributed by atoms with Gasteiger partial charge in [-0.3, -0.25) is 0 Å². The zero-order chi connectivity index (χ0) is 17.3. The van der Waals surface area contributed by atoms with Crippen LogP contribution < -0.4 is 9.80 Å². The number of alkyl halides is 3. The molecule has 1 aliphatic heterocycles. The van der Waals surface area contributed by atoms with Crippen LogP contribution in [0.5, 0.6) is 0 Å². The van der Waals surface area contributed by atoms with E-state index in [0.29, 0.717) is 29.2 Å². The molecule has 1 aliphatic rings. The minimum atomic E-state index is -4.39. The first kappa shape index (κ1) is 17.2. The van der Waals surface area contributed by atoms with Crippen molar-refractivity contribution in [3.63, 3.8) is 0 Å². The summed E-state index contributed by atoms with van der Waals surface area (Å²) in [5.74, 6) is 0.589. The minimum absolute atomic E-state index is 0.226. The van der Waals surface area contributed by atoms with Crippen LogP contribution >= 0.6 is 22.9 Å². The Morgan fingerprint density at radius 3 is 2.42 bits per heavy atom. The molecule has 0 aliphatic carbocycles. The molecule has 10 heteroatoms. The number of hydrogen-bond donors (Lipinski definition) is 0. The van der Waals surface area contributed by atoms with E-state index in [0.717, 1.165) is 29.6 Å². The molecule has 0 spiro atoms. The van der Waals surface area contributed by atoms with Gasteiger partial charge in [-0.1, -0.05) is 11.6 Å². The summed E-state index contributed by atoms with van der Waals surface area (Å²) in [6.45, 7) is 1.29. The molecule has 0 aromatic carbocycles. The van der Waals surface area contributed by atoms with Crippen LogP contribution in [0.1, 0.15) is 18.5 Å². The van der Waals surface area contributed by atoms with Crippen molar-refractivity contribution in [1.29, 1.82) is 0 Å². The highest BCUT2D eigenvalue weighted by molar-refractivity contribution is 7.13. The number of hydrogen-bond acceptors (Lipinski definition) is 6. The van der Waals surface area contributed by atoms with E-state index in [4.69, 9.17) is 11.6 Å². The second-order valence-corrected chi connectivity index (χ2v) is 6.82. The van der Waals surface area contributed by atoms with Crippen molar-refractivity contribution in [2.45, 2.75) is 25.1 Å². The smallest absolute Gasteiger partial charge is 0.348 e. The molecule has 2 aromatic rings. The number of piperidine rings is 1. The molecule has 0 bridgehead atoms. The minimum Gasteiger partial charge on any atom is -0.348 e. The molecular formula is C14H15ClF3N5S. The van der Waals surface area contributed by atoms with Crippen molar-refractivity contribution < 1.29 is 13.2 Å². The molecule has 1 fully saturated rings. The summed E-state index contributed by atoms with van der Waals surface area (Å²) in [6, 6.07) is 0.226. The van der Waals surface area contributed by atoms with Crippen molar-refractivity contribution in [2.75, 3.05) is 29.9 Å². The Balaban J connectivity index is 1.61. The van der Waals surface area contributed by atoms with Gasteiger partial charge in [0.05, 0.1) is 17.4 Å². The normalized spacial score (nSPS) is 16.5. The summed E-state index contributed by atoms with van der Waals surface area (Å²) >= 11 is 6.82. The predicted molar refractivity (Wildman–Crippen MR) is 87.8 cm³/mol. The largest absolute Gasteiger partial charge is 0.434 e. The van der Waals surface area contributed by atoms with Gasteiger partial charge in [-0.25, -0.2) is 15.0 Å². The van der Waals surface area contributed by atoms with Crippen LogP contribution in [-0.2, 0) is 6.18 Å². The first-order valence-electron chi connectivity index (χ1n) is 7.32. The highest BCUT2D eigenvalue weighted by Crippen LogP contribution is 2.34. The Morgan fingerprint density at radius 1 is 1.25 bits per heavy atom. The van der Waals surface area contributed by atoms with Crippen molar-refractivity contribution >= 4 is 34.0 Å². The van der Waals surface area contributed by atoms with Gasteiger partial charge in [-0.15, -0.1) is 11.3 Å². The lowest BCUT2D eigenvalue weighted by atomic mass is 10.0. The molecule has 130 valence electrons. The molecule has 0 unspecified atom stereocenters. The molecule has 3 rings (SSSR count). The van der Waals surface area contributed by atoms with Gasteiger partial charge in [-0.05, 0) is 12.8 Å². The van der Waals surface area contributed by atoms with Crippen molar-refractivity contribution in [1.82, 2.24) is 15.0 Å². The van der Waals surface area contributed by atoms with Gasteiger partial charge in [0, 0.05) is 31.6 Å². The van der Waals surface area contributed by atoms with E-state index in [1.54, 1.807) is 12.4 Å². The van der Waals surface area contributed by atoms with Crippen LogP contribution in [0.4, 0.5) is 24.3 Å². The molecule has 5 nitrogen and oxygen atoms in total. The SMILES string of the molecule is CN(c1ncc(Cl)cn1)C1CCN(c2nc(C(F)(F)F)cs2)CC1. The molecule has 24 heavy (non-hydrogen) atoms. The van der Waals surface area contributed by atoms with Gasteiger partial charge >= 0.3 is 6.18 Å². The summed E-state index contributed by atoms with van der Waals surface area (Å²) in [6.07, 6.45) is 0.291. The molecular weight excluding hydrogens is 363 g/mol. The van der Waals surface area contributed by atoms with Gasteiger partial charge < -0.3 is 9.80 Å². The summed E-state index contributed by atoms with van der Waals surface area (Å²) in [5, 5.41) is 1.96. The van der Waals surface area contributed by atoms with E-state index in [1.807, 2.05) is 16.8 Å². The van der Waals surface area contributed by atoms with E-state index in [2.05, 4.69) is 15.0 Å². The van der Waals surface area contributed by atoms with Crippen LogP contribution in [-0.4, -0.2) is 41.1 Å². The number of rotatable bonds is 3. The second kappa shape index (κ2) is 6.72. The quantitative estimate of drug-likeness (QED) is 0.816. The lowest BCUT2D eigenvalue weighted by molar-refractivity contribution is -0.140. The summed E-state index contributed by atoms with van der Waals surface area (Å²) in [4.78, 5) is 16.0. The van der Waals surface area contributed by atoms with Crippen molar-refractivity contribution in [3.8, 4) is 0 Å². The topological polar surface area (TPSA) is 45.2 Å². The van der Waals surface area contributed by atoms with Crippen LogP contribution in [0.25, 0.3) is 0 Å². The first-order valence-corrected chi connectivity index (χ1v) is 8.58. The molecule has 0 saturated carbocycles.